The molecule has 19 heavy (non-hydrogen) atoms. The lowest BCUT2D eigenvalue weighted by molar-refractivity contribution is 0.0922. The van der Waals surface area contributed by atoms with Crippen molar-refractivity contribution in [1.82, 2.24) is 9.62 Å². The molecule has 1 atom stereocenters. The largest absolute Gasteiger partial charge is 0.348 e. The van der Waals surface area contributed by atoms with E-state index in [-0.39, 0.29) is 11.9 Å². The molecule has 106 valence electrons. The van der Waals surface area contributed by atoms with E-state index in [0.717, 1.165) is 16.6 Å². The van der Waals surface area contributed by atoms with Gasteiger partial charge < -0.3 is 5.32 Å². The summed E-state index contributed by atoms with van der Waals surface area (Å²) in [5, 5.41) is 4.67. The Kier molecular flexibility index (Phi) is 4.65. The van der Waals surface area contributed by atoms with E-state index in [9.17, 15) is 13.2 Å². The van der Waals surface area contributed by atoms with Gasteiger partial charge in [0.05, 0.1) is 15.6 Å². The van der Waals surface area contributed by atoms with Gasteiger partial charge in [-0.2, -0.15) is 0 Å². The Balaban J connectivity index is 1.98. The predicted octanol–water partition coefficient (Wildman–Crippen LogP) is 1.66. The summed E-state index contributed by atoms with van der Waals surface area (Å²) >= 11 is 4.76. The van der Waals surface area contributed by atoms with Crippen LogP contribution in [0.3, 0.4) is 0 Å². The molecule has 0 aliphatic carbocycles. The van der Waals surface area contributed by atoms with Crippen molar-refractivity contribution in [2.45, 2.75) is 18.9 Å². The van der Waals surface area contributed by atoms with Crippen LogP contribution in [0, 0.1) is 0 Å². The molecule has 1 amide bonds. The van der Waals surface area contributed by atoms with Crippen LogP contribution >= 0.6 is 27.3 Å². The lowest BCUT2D eigenvalue weighted by Crippen LogP contribution is -2.49. The fourth-order valence-corrected chi connectivity index (χ4v) is 4.11. The minimum atomic E-state index is -3.18. The maximum absolute atomic E-state index is 12.0. The highest BCUT2D eigenvalue weighted by Gasteiger charge is 2.27. The first kappa shape index (κ1) is 15.0. The number of nitrogens with one attached hydrogen (secondary N) is 1. The number of sulfonamides is 1. The van der Waals surface area contributed by atoms with Crippen molar-refractivity contribution in [1.29, 1.82) is 0 Å². The molecular weight excluding hydrogens is 352 g/mol. The molecule has 0 saturated carbocycles. The summed E-state index contributed by atoms with van der Waals surface area (Å²) in [6.45, 7) is 0.894. The second kappa shape index (κ2) is 5.90. The molecule has 1 unspecified atom stereocenters. The fraction of sp³-hybridized carbons (Fsp3) is 0.545. The maximum Gasteiger partial charge on any atom is 0.252 e. The summed E-state index contributed by atoms with van der Waals surface area (Å²) in [6.07, 6.45) is 2.78. The van der Waals surface area contributed by atoms with Gasteiger partial charge in [-0.1, -0.05) is 0 Å². The van der Waals surface area contributed by atoms with Gasteiger partial charge in [-0.15, -0.1) is 11.3 Å². The first-order chi connectivity index (χ1) is 8.86. The third kappa shape index (κ3) is 4.01. The summed E-state index contributed by atoms with van der Waals surface area (Å²) in [4.78, 5) is 12.0. The zero-order valence-electron chi connectivity index (χ0n) is 10.4. The highest BCUT2D eigenvalue weighted by atomic mass is 79.9. The zero-order valence-corrected chi connectivity index (χ0v) is 13.6. The lowest BCUT2D eigenvalue weighted by atomic mass is 10.1. The van der Waals surface area contributed by atoms with E-state index in [0.29, 0.717) is 18.7 Å². The van der Waals surface area contributed by atoms with E-state index in [1.165, 1.54) is 21.9 Å². The van der Waals surface area contributed by atoms with Crippen LogP contribution in [0.25, 0.3) is 0 Å². The summed E-state index contributed by atoms with van der Waals surface area (Å²) in [5.74, 6) is -0.151. The van der Waals surface area contributed by atoms with Gasteiger partial charge in [-0.05, 0) is 34.8 Å². The van der Waals surface area contributed by atoms with Crippen LogP contribution in [0.4, 0.5) is 0 Å². The average molecular weight is 367 g/mol. The van der Waals surface area contributed by atoms with Gasteiger partial charge in [-0.25, -0.2) is 12.7 Å². The van der Waals surface area contributed by atoms with Crippen LogP contribution in [0.1, 0.15) is 23.2 Å². The Morgan fingerprint density at radius 3 is 2.89 bits per heavy atom. The highest BCUT2D eigenvalue weighted by molar-refractivity contribution is 9.11. The van der Waals surface area contributed by atoms with Gasteiger partial charge in [0, 0.05) is 24.5 Å². The number of carbonyl (C=O) groups excluding carboxylic acids is 1. The molecule has 1 aliphatic rings. The molecule has 2 heterocycles. The van der Waals surface area contributed by atoms with Crippen LogP contribution in [-0.2, 0) is 10.0 Å². The third-order valence-electron chi connectivity index (χ3n) is 3.02. The van der Waals surface area contributed by atoms with E-state index in [1.54, 1.807) is 11.4 Å². The molecule has 0 bridgehead atoms. The Morgan fingerprint density at radius 1 is 1.58 bits per heavy atom. The number of carbonyl (C=O) groups is 1. The molecule has 1 aromatic heterocycles. The quantitative estimate of drug-likeness (QED) is 0.884. The predicted molar refractivity (Wildman–Crippen MR) is 78.9 cm³/mol. The second-order valence-electron chi connectivity index (χ2n) is 4.57. The van der Waals surface area contributed by atoms with Crippen molar-refractivity contribution in [3.05, 3.63) is 20.8 Å². The molecule has 5 nitrogen and oxygen atoms in total. The number of hydrogen-bond donors (Lipinski definition) is 1. The standard InChI is InChI=1S/C11H15BrN2O3S2/c1-19(16,17)14-4-2-3-9(6-14)13-11(15)8-5-10(12)18-7-8/h5,7,9H,2-4,6H2,1H3,(H,13,15). The van der Waals surface area contributed by atoms with Crippen molar-refractivity contribution >= 4 is 43.2 Å². The van der Waals surface area contributed by atoms with Crippen LogP contribution < -0.4 is 5.32 Å². The van der Waals surface area contributed by atoms with E-state index in [1.807, 2.05) is 0 Å². The smallest absolute Gasteiger partial charge is 0.252 e. The number of rotatable bonds is 3. The highest BCUT2D eigenvalue weighted by Crippen LogP contribution is 2.21. The lowest BCUT2D eigenvalue weighted by Gasteiger charge is -2.31. The molecule has 0 spiro atoms. The van der Waals surface area contributed by atoms with Gasteiger partial charge >= 0.3 is 0 Å². The number of amides is 1. The van der Waals surface area contributed by atoms with Gasteiger partial charge in [0.25, 0.3) is 5.91 Å². The van der Waals surface area contributed by atoms with Crippen molar-refractivity contribution in [2.75, 3.05) is 19.3 Å². The molecule has 1 N–H and O–H groups in total. The zero-order chi connectivity index (χ0) is 14.0. The van der Waals surface area contributed by atoms with Crippen LogP contribution in [0.15, 0.2) is 15.2 Å². The molecule has 1 fully saturated rings. The molecule has 1 aromatic rings. The molecule has 2 rings (SSSR count). The van der Waals surface area contributed by atoms with E-state index in [2.05, 4.69) is 21.2 Å². The summed E-state index contributed by atoms with van der Waals surface area (Å²) in [5.41, 5.74) is 0.605. The van der Waals surface area contributed by atoms with Crippen LogP contribution in [0.2, 0.25) is 0 Å². The topological polar surface area (TPSA) is 66.5 Å². The van der Waals surface area contributed by atoms with Gasteiger partial charge in [0.2, 0.25) is 10.0 Å². The molecular formula is C11H15BrN2O3S2. The summed E-state index contributed by atoms with van der Waals surface area (Å²) in [6, 6.07) is 1.65. The average Bonchev–Trinajstić information content (AvgIpc) is 2.75. The Labute approximate surface area is 125 Å². The first-order valence-electron chi connectivity index (χ1n) is 5.86. The Bertz CT molecular complexity index is 570. The normalized spacial score (nSPS) is 21.3. The maximum atomic E-state index is 12.0. The van der Waals surface area contributed by atoms with Gasteiger partial charge in [0.15, 0.2) is 0 Å². The number of halogens is 1. The van der Waals surface area contributed by atoms with Crippen molar-refractivity contribution in [2.24, 2.45) is 0 Å². The molecule has 8 heteroatoms. The minimum absolute atomic E-state index is 0.116. The van der Waals surface area contributed by atoms with Gasteiger partial charge in [-0.3, -0.25) is 4.79 Å². The van der Waals surface area contributed by atoms with Crippen molar-refractivity contribution < 1.29 is 13.2 Å². The summed E-state index contributed by atoms with van der Waals surface area (Å²) < 4.78 is 25.3. The number of piperidine rings is 1. The Hall–Kier alpha value is -0.440. The van der Waals surface area contributed by atoms with E-state index in [4.69, 9.17) is 0 Å². The number of hydrogen-bond acceptors (Lipinski definition) is 4. The molecule has 0 aromatic carbocycles. The third-order valence-corrected chi connectivity index (χ3v) is 5.79. The number of nitrogens with zero attached hydrogens (tertiary/aromatic N) is 1. The summed E-state index contributed by atoms with van der Waals surface area (Å²) in [7, 11) is -3.18. The van der Waals surface area contributed by atoms with Gasteiger partial charge in [0.1, 0.15) is 0 Å². The fourth-order valence-electron chi connectivity index (χ4n) is 2.06. The molecule has 1 saturated heterocycles. The SMILES string of the molecule is CS(=O)(=O)N1CCCC(NC(=O)c2csc(Br)c2)C1. The van der Waals surface area contributed by atoms with E-state index < -0.39 is 10.0 Å². The minimum Gasteiger partial charge on any atom is -0.348 e. The molecule has 1 aliphatic heterocycles. The van der Waals surface area contributed by atoms with Crippen LogP contribution in [0.5, 0.6) is 0 Å². The molecule has 0 radical (unpaired) electrons. The first-order valence-corrected chi connectivity index (χ1v) is 9.38. The van der Waals surface area contributed by atoms with E-state index >= 15 is 0 Å². The number of thiophene rings is 1. The monoisotopic (exact) mass is 366 g/mol. The van der Waals surface area contributed by atoms with Crippen molar-refractivity contribution in [3.8, 4) is 0 Å². The van der Waals surface area contributed by atoms with Crippen LogP contribution in [-0.4, -0.2) is 44.0 Å². The Morgan fingerprint density at radius 2 is 2.32 bits per heavy atom. The second-order valence-corrected chi connectivity index (χ2v) is 8.85. The van der Waals surface area contributed by atoms with Crippen molar-refractivity contribution in [3.63, 3.8) is 0 Å².